The molecule has 1 amide bonds. The normalized spacial score (nSPS) is 14.0. The minimum atomic E-state index is 0.225. The molecule has 0 saturated carbocycles. The van der Waals surface area contributed by atoms with Gasteiger partial charge in [0.05, 0.1) is 0 Å². The number of amides is 1. The van der Waals surface area contributed by atoms with Gasteiger partial charge in [-0.05, 0) is 32.4 Å². The van der Waals surface area contributed by atoms with Crippen LogP contribution in [0.15, 0.2) is 0 Å². The summed E-state index contributed by atoms with van der Waals surface area (Å²) in [6, 6.07) is 0. The van der Waals surface area contributed by atoms with Crippen molar-refractivity contribution in [2.24, 2.45) is 0 Å². The van der Waals surface area contributed by atoms with E-state index in [1.807, 2.05) is 32.6 Å². The largest absolute Gasteiger partial charge is 0.342 e. The lowest BCUT2D eigenvalue weighted by Crippen LogP contribution is -2.37. The molecule has 0 aromatic carbocycles. The maximum Gasteiger partial charge on any atom is 0.219 e. The Bertz CT molecular complexity index is 189. The first kappa shape index (κ1) is 20.7. The van der Waals surface area contributed by atoms with Crippen LogP contribution >= 0.6 is 0 Å². The zero-order chi connectivity index (χ0) is 15.1. The number of hydrogen-bond donors (Lipinski definition) is 0. The van der Waals surface area contributed by atoms with Gasteiger partial charge < -0.3 is 9.80 Å². The summed E-state index contributed by atoms with van der Waals surface area (Å²) in [5, 5.41) is 0. The first-order valence-corrected chi connectivity index (χ1v) is 8.22. The zero-order valence-corrected chi connectivity index (χ0v) is 14.2. The third kappa shape index (κ3) is 11.0. The van der Waals surface area contributed by atoms with Gasteiger partial charge in [-0.3, -0.25) is 4.79 Å². The molecule has 3 nitrogen and oxygen atoms in total. The van der Waals surface area contributed by atoms with Crippen molar-refractivity contribution < 1.29 is 4.79 Å². The topological polar surface area (TPSA) is 23.6 Å². The van der Waals surface area contributed by atoms with Gasteiger partial charge >= 0.3 is 0 Å². The highest BCUT2D eigenvalue weighted by Gasteiger charge is 2.14. The molecule has 1 aliphatic rings. The van der Waals surface area contributed by atoms with Crippen LogP contribution in [0.25, 0.3) is 0 Å². The minimum absolute atomic E-state index is 0.225. The van der Waals surface area contributed by atoms with Crippen molar-refractivity contribution in [3.8, 4) is 0 Å². The third-order valence-corrected chi connectivity index (χ3v) is 3.11. The number of unbranched alkanes of at least 4 members (excludes halogenated alkanes) is 1. The fraction of sp³-hybridized carbons (Fsp3) is 0.938. The van der Waals surface area contributed by atoms with Crippen molar-refractivity contribution >= 4 is 5.91 Å². The summed E-state index contributed by atoms with van der Waals surface area (Å²) in [7, 11) is 0. The number of nitrogens with zero attached hydrogens (tertiary/aromatic N) is 2. The molecule has 0 aliphatic carbocycles. The maximum absolute atomic E-state index is 11.4. The minimum Gasteiger partial charge on any atom is -0.342 e. The van der Waals surface area contributed by atoms with Crippen LogP contribution in [-0.2, 0) is 4.79 Å². The third-order valence-electron chi connectivity index (χ3n) is 3.11. The Hall–Kier alpha value is -0.570. The van der Waals surface area contributed by atoms with E-state index in [0.29, 0.717) is 0 Å². The molecule has 19 heavy (non-hydrogen) atoms. The highest BCUT2D eigenvalue weighted by atomic mass is 16.2. The summed E-state index contributed by atoms with van der Waals surface area (Å²) in [6.45, 7) is 17.2. The van der Waals surface area contributed by atoms with Gasteiger partial charge in [-0.1, -0.05) is 41.0 Å². The monoisotopic (exact) mass is 272 g/mol. The quantitative estimate of drug-likeness (QED) is 0.734. The Labute approximate surface area is 121 Å². The molecule has 0 radical (unpaired) electrons. The van der Waals surface area contributed by atoms with Gasteiger partial charge in [0.2, 0.25) is 5.91 Å². The number of carbonyl (C=O) groups excluding carboxylic acids is 1. The Kier molecular flexibility index (Phi) is 16.9. The van der Waals surface area contributed by atoms with Gasteiger partial charge in [-0.25, -0.2) is 0 Å². The number of likely N-dealkylation sites (tertiary alicyclic amines) is 1. The molecule has 1 fully saturated rings. The predicted octanol–water partition coefficient (Wildman–Crippen LogP) is 3.78. The van der Waals surface area contributed by atoms with Crippen molar-refractivity contribution in [3.63, 3.8) is 0 Å². The SMILES string of the molecule is CC.CC.CCCCN(CCN1CCCC1)C(C)=O. The van der Waals surface area contributed by atoms with E-state index in [0.717, 1.165) is 32.5 Å². The van der Waals surface area contributed by atoms with Crippen molar-refractivity contribution in [1.82, 2.24) is 9.80 Å². The van der Waals surface area contributed by atoms with Crippen LogP contribution in [0, 0.1) is 0 Å². The van der Waals surface area contributed by atoms with Gasteiger partial charge in [-0.15, -0.1) is 0 Å². The average Bonchev–Trinajstić information content (AvgIpc) is 2.96. The van der Waals surface area contributed by atoms with E-state index in [4.69, 9.17) is 0 Å². The number of carbonyl (C=O) groups is 1. The molecule has 0 bridgehead atoms. The lowest BCUT2D eigenvalue weighted by molar-refractivity contribution is -0.129. The molecular formula is C16H36N2O. The van der Waals surface area contributed by atoms with Crippen LogP contribution in [0.4, 0.5) is 0 Å². The van der Waals surface area contributed by atoms with Crippen LogP contribution < -0.4 is 0 Å². The van der Waals surface area contributed by atoms with Crippen LogP contribution in [0.1, 0.15) is 67.2 Å². The molecule has 1 rings (SSSR count). The van der Waals surface area contributed by atoms with E-state index in [2.05, 4.69) is 11.8 Å². The van der Waals surface area contributed by atoms with Gasteiger partial charge in [0.15, 0.2) is 0 Å². The predicted molar refractivity (Wildman–Crippen MR) is 85.5 cm³/mol. The number of rotatable bonds is 6. The fourth-order valence-electron chi connectivity index (χ4n) is 2.04. The van der Waals surface area contributed by atoms with E-state index >= 15 is 0 Å². The van der Waals surface area contributed by atoms with Gasteiger partial charge in [0, 0.05) is 26.6 Å². The highest BCUT2D eigenvalue weighted by molar-refractivity contribution is 5.73. The highest BCUT2D eigenvalue weighted by Crippen LogP contribution is 2.07. The van der Waals surface area contributed by atoms with Crippen LogP contribution in [-0.4, -0.2) is 48.4 Å². The van der Waals surface area contributed by atoms with Crippen LogP contribution in [0.5, 0.6) is 0 Å². The van der Waals surface area contributed by atoms with E-state index in [1.165, 1.54) is 25.9 Å². The van der Waals surface area contributed by atoms with E-state index in [-0.39, 0.29) is 5.91 Å². The van der Waals surface area contributed by atoms with Crippen molar-refractivity contribution in [3.05, 3.63) is 0 Å². The van der Waals surface area contributed by atoms with E-state index in [9.17, 15) is 4.79 Å². The molecule has 0 unspecified atom stereocenters. The Morgan fingerprint density at radius 2 is 1.58 bits per heavy atom. The van der Waals surface area contributed by atoms with Gasteiger partial charge in [0.25, 0.3) is 0 Å². The fourth-order valence-corrected chi connectivity index (χ4v) is 2.04. The molecular weight excluding hydrogens is 236 g/mol. The van der Waals surface area contributed by atoms with Crippen LogP contribution in [0.3, 0.4) is 0 Å². The first-order valence-electron chi connectivity index (χ1n) is 8.22. The zero-order valence-electron chi connectivity index (χ0n) is 14.2. The van der Waals surface area contributed by atoms with Crippen molar-refractivity contribution in [2.75, 3.05) is 32.7 Å². The molecule has 3 heteroatoms. The van der Waals surface area contributed by atoms with E-state index in [1.54, 1.807) is 6.92 Å². The van der Waals surface area contributed by atoms with E-state index < -0.39 is 0 Å². The molecule has 1 saturated heterocycles. The second-order valence-electron chi connectivity index (χ2n) is 4.41. The van der Waals surface area contributed by atoms with Crippen LogP contribution in [0.2, 0.25) is 0 Å². The summed E-state index contributed by atoms with van der Waals surface area (Å²) in [5.41, 5.74) is 0. The molecule has 0 atom stereocenters. The Morgan fingerprint density at radius 1 is 1.05 bits per heavy atom. The molecule has 0 N–H and O–H groups in total. The van der Waals surface area contributed by atoms with Gasteiger partial charge in [0.1, 0.15) is 0 Å². The molecule has 0 spiro atoms. The maximum atomic E-state index is 11.4. The van der Waals surface area contributed by atoms with Gasteiger partial charge in [-0.2, -0.15) is 0 Å². The summed E-state index contributed by atoms with van der Waals surface area (Å²) >= 11 is 0. The summed E-state index contributed by atoms with van der Waals surface area (Å²) in [4.78, 5) is 15.8. The average molecular weight is 272 g/mol. The summed E-state index contributed by atoms with van der Waals surface area (Å²) < 4.78 is 0. The molecule has 0 aromatic rings. The Balaban J connectivity index is 0. The smallest absolute Gasteiger partial charge is 0.219 e. The van der Waals surface area contributed by atoms with Crippen molar-refractivity contribution in [2.45, 2.75) is 67.2 Å². The molecule has 116 valence electrons. The Morgan fingerprint density at radius 3 is 2.00 bits per heavy atom. The molecule has 1 aliphatic heterocycles. The molecule has 0 aromatic heterocycles. The van der Waals surface area contributed by atoms with Crippen molar-refractivity contribution in [1.29, 1.82) is 0 Å². The standard InChI is InChI=1S/C12H24N2O.2C2H6/c1-3-4-9-14(12(2)15)11-10-13-7-5-6-8-13;2*1-2/h3-11H2,1-2H3;2*1-2H3. The summed E-state index contributed by atoms with van der Waals surface area (Å²) in [6.07, 6.45) is 4.94. The lowest BCUT2D eigenvalue weighted by Gasteiger charge is -2.24. The number of hydrogen-bond acceptors (Lipinski definition) is 2. The second-order valence-corrected chi connectivity index (χ2v) is 4.41. The summed E-state index contributed by atoms with van der Waals surface area (Å²) in [5.74, 6) is 0.225. The molecule has 1 heterocycles. The first-order chi connectivity index (χ1) is 9.24. The lowest BCUT2D eigenvalue weighted by atomic mass is 10.3. The second kappa shape index (κ2) is 15.5.